The average Bonchev–Trinajstić information content (AvgIpc) is 2.62. The SMILES string of the molecule is CC(N)C1CCN(C(=O)c2ccccc2Oc2ccccc2)CC1.Cl. The van der Waals surface area contributed by atoms with Gasteiger partial charge in [0.05, 0.1) is 5.56 Å². The molecule has 1 unspecified atom stereocenters. The van der Waals surface area contributed by atoms with Gasteiger partial charge in [0.15, 0.2) is 0 Å². The molecule has 1 aliphatic heterocycles. The maximum absolute atomic E-state index is 12.9. The van der Waals surface area contributed by atoms with Gasteiger partial charge in [0.1, 0.15) is 11.5 Å². The number of para-hydroxylation sites is 2. The van der Waals surface area contributed by atoms with Crippen LogP contribution in [0.25, 0.3) is 0 Å². The first-order chi connectivity index (χ1) is 11.6. The molecule has 4 nitrogen and oxygen atoms in total. The molecule has 1 heterocycles. The van der Waals surface area contributed by atoms with Crippen LogP contribution in [0.3, 0.4) is 0 Å². The zero-order valence-electron chi connectivity index (χ0n) is 14.4. The van der Waals surface area contributed by atoms with E-state index in [0.29, 0.717) is 17.2 Å². The fraction of sp³-hybridized carbons (Fsp3) is 0.350. The van der Waals surface area contributed by atoms with Gasteiger partial charge >= 0.3 is 0 Å². The first kappa shape index (κ1) is 19.3. The van der Waals surface area contributed by atoms with E-state index in [-0.39, 0.29) is 24.4 Å². The van der Waals surface area contributed by atoms with Crippen LogP contribution in [0.1, 0.15) is 30.1 Å². The second kappa shape index (κ2) is 8.88. The molecule has 0 aliphatic carbocycles. The second-order valence-corrected chi connectivity index (χ2v) is 6.40. The lowest BCUT2D eigenvalue weighted by Gasteiger charge is -2.34. The van der Waals surface area contributed by atoms with Crippen molar-refractivity contribution in [3.8, 4) is 11.5 Å². The summed E-state index contributed by atoms with van der Waals surface area (Å²) in [5, 5.41) is 0. The van der Waals surface area contributed by atoms with Crippen LogP contribution in [0.4, 0.5) is 0 Å². The summed E-state index contributed by atoms with van der Waals surface area (Å²) in [6.45, 7) is 3.56. The maximum atomic E-state index is 12.9. The summed E-state index contributed by atoms with van der Waals surface area (Å²) in [5.41, 5.74) is 6.60. The quantitative estimate of drug-likeness (QED) is 0.893. The van der Waals surface area contributed by atoms with E-state index in [1.807, 2.05) is 66.4 Å². The van der Waals surface area contributed by atoms with Crippen LogP contribution in [-0.4, -0.2) is 29.9 Å². The summed E-state index contributed by atoms with van der Waals surface area (Å²) in [7, 11) is 0. The van der Waals surface area contributed by atoms with Gasteiger partial charge in [0.2, 0.25) is 0 Å². The maximum Gasteiger partial charge on any atom is 0.257 e. The first-order valence-corrected chi connectivity index (χ1v) is 8.52. The van der Waals surface area contributed by atoms with E-state index in [1.165, 1.54) is 0 Å². The summed E-state index contributed by atoms with van der Waals surface area (Å²) < 4.78 is 5.91. The smallest absolute Gasteiger partial charge is 0.257 e. The van der Waals surface area contributed by atoms with E-state index < -0.39 is 0 Å². The number of hydrogen-bond donors (Lipinski definition) is 1. The molecular formula is C20H25ClN2O2. The molecule has 3 rings (SSSR count). The zero-order chi connectivity index (χ0) is 16.9. The van der Waals surface area contributed by atoms with Crippen molar-refractivity contribution in [3.63, 3.8) is 0 Å². The highest BCUT2D eigenvalue weighted by Crippen LogP contribution is 2.28. The molecule has 1 fully saturated rings. The average molecular weight is 361 g/mol. The molecule has 134 valence electrons. The molecule has 2 aromatic carbocycles. The summed E-state index contributed by atoms with van der Waals surface area (Å²) in [4.78, 5) is 14.8. The zero-order valence-corrected chi connectivity index (χ0v) is 15.2. The van der Waals surface area contributed by atoms with Gasteiger partial charge < -0.3 is 15.4 Å². The van der Waals surface area contributed by atoms with E-state index >= 15 is 0 Å². The third kappa shape index (κ3) is 4.74. The molecule has 0 aromatic heterocycles. The molecule has 1 atom stereocenters. The van der Waals surface area contributed by atoms with E-state index in [1.54, 1.807) is 0 Å². The van der Waals surface area contributed by atoms with Crippen LogP contribution < -0.4 is 10.5 Å². The Morgan fingerprint density at radius 1 is 1.08 bits per heavy atom. The van der Waals surface area contributed by atoms with Crippen molar-refractivity contribution in [1.29, 1.82) is 0 Å². The summed E-state index contributed by atoms with van der Waals surface area (Å²) in [6, 6.07) is 17.2. The van der Waals surface area contributed by atoms with E-state index in [0.717, 1.165) is 31.7 Å². The second-order valence-electron chi connectivity index (χ2n) is 6.40. The molecular weight excluding hydrogens is 336 g/mol. The highest BCUT2D eigenvalue weighted by molar-refractivity contribution is 5.97. The summed E-state index contributed by atoms with van der Waals surface area (Å²) in [5.74, 6) is 1.87. The van der Waals surface area contributed by atoms with Crippen LogP contribution in [0.2, 0.25) is 0 Å². The molecule has 1 saturated heterocycles. The van der Waals surface area contributed by atoms with Crippen molar-refractivity contribution in [3.05, 3.63) is 60.2 Å². The molecule has 1 amide bonds. The molecule has 0 spiro atoms. The number of carbonyl (C=O) groups is 1. The van der Waals surface area contributed by atoms with Crippen molar-refractivity contribution in [2.45, 2.75) is 25.8 Å². The third-order valence-electron chi connectivity index (χ3n) is 4.66. The van der Waals surface area contributed by atoms with Gasteiger partial charge in [-0.15, -0.1) is 12.4 Å². The van der Waals surface area contributed by atoms with Crippen LogP contribution in [0.15, 0.2) is 54.6 Å². The Bertz CT molecular complexity index is 683. The van der Waals surface area contributed by atoms with Crippen molar-refractivity contribution in [1.82, 2.24) is 4.90 Å². The Balaban J connectivity index is 0.00000225. The minimum atomic E-state index is 0. The minimum Gasteiger partial charge on any atom is -0.457 e. The lowest BCUT2D eigenvalue weighted by atomic mass is 9.90. The Morgan fingerprint density at radius 2 is 1.68 bits per heavy atom. The van der Waals surface area contributed by atoms with Gasteiger partial charge in [-0.2, -0.15) is 0 Å². The standard InChI is InChI=1S/C20H24N2O2.ClH/c1-15(21)16-11-13-22(14-12-16)20(23)18-9-5-6-10-19(18)24-17-7-3-2-4-8-17;/h2-10,15-16H,11-14,21H2,1H3;1H. The largest absolute Gasteiger partial charge is 0.457 e. The molecule has 5 heteroatoms. The Labute approximate surface area is 155 Å². The lowest BCUT2D eigenvalue weighted by Crippen LogP contribution is -2.42. The number of likely N-dealkylation sites (tertiary alicyclic amines) is 1. The van der Waals surface area contributed by atoms with Crippen LogP contribution in [0, 0.1) is 5.92 Å². The van der Waals surface area contributed by atoms with Crippen LogP contribution in [0.5, 0.6) is 11.5 Å². The Kier molecular flexibility index (Phi) is 6.85. The fourth-order valence-corrected chi connectivity index (χ4v) is 3.15. The molecule has 0 radical (unpaired) electrons. The third-order valence-corrected chi connectivity index (χ3v) is 4.66. The normalized spacial score (nSPS) is 16.0. The number of rotatable bonds is 4. The minimum absolute atomic E-state index is 0. The summed E-state index contributed by atoms with van der Waals surface area (Å²) >= 11 is 0. The number of amides is 1. The predicted octanol–water partition coefficient (Wildman–Crippen LogP) is 4.10. The van der Waals surface area contributed by atoms with Crippen molar-refractivity contribution in [2.24, 2.45) is 11.7 Å². The summed E-state index contributed by atoms with van der Waals surface area (Å²) in [6.07, 6.45) is 1.93. The highest BCUT2D eigenvalue weighted by atomic mass is 35.5. The van der Waals surface area contributed by atoms with E-state index in [2.05, 4.69) is 0 Å². The van der Waals surface area contributed by atoms with Crippen molar-refractivity contribution >= 4 is 18.3 Å². The first-order valence-electron chi connectivity index (χ1n) is 8.52. The molecule has 1 aliphatic rings. The Morgan fingerprint density at radius 3 is 2.32 bits per heavy atom. The van der Waals surface area contributed by atoms with E-state index in [4.69, 9.17) is 10.5 Å². The van der Waals surface area contributed by atoms with Gasteiger partial charge in [0, 0.05) is 19.1 Å². The highest BCUT2D eigenvalue weighted by Gasteiger charge is 2.26. The number of nitrogens with two attached hydrogens (primary N) is 1. The molecule has 25 heavy (non-hydrogen) atoms. The number of benzene rings is 2. The van der Waals surface area contributed by atoms with Crippen molar-refractivity contribution < 1.29 is 9.53 Å². The molecule has 0 bridgehead atoms. The van der Waals surface area contributed by atoms with Crippen molar-refractivity contribution in [2.75, 3.05) is 13.1 Å². The van der Waals surface area contributed by atoms with Crippen LogP contribution >= 0.6 is 12.4 Å². The number of halogens is 1. The number of nitrogens with zero attached hydrogens (tertiary/aromatic N) is 1. The van der Waals surface area contributed by atoms with Gasteiger partial charge in [-0.05, 0) is 49.9 Å². The number of hydrogen-bond acceptors (Lipinski definition) is 3. The molecule has 2 N–H and O–H groups in total. The molecule has 0 saturated carbocycles. The topological polar surface area (TPSA) is 55.6 Å². The monoisotopic (exact) mass is 360 g/mol. The lowest BCUT2D eigenvalue weighted by molar-refractivity contribution is 0.0678. The number of ether oxygens (including phenoxy) is 1. The fourth-order valence-electron chi connectivity index (χ4n) is 3.15. The molecule has 2 aromatic rings. The number of carbonyl (C=O) groups excluding carboxylic acids is 1. The van der Waals surface area contributed by atoms with Gasteiger partial charge in [-0.3, -0.25) is 4.79 Å². The predicted molar refractivity (Wildman–Crippen MR) is 102 cm³/mol. The Hall–Kier alpha value is -2.04. The van der Waals surface area contributed by atoms with Gasteiger partial charge in [-0.25, -0.2) is 0 Å². The number of piperidine rings is 1. The van der Waals surface area contributed by atoms with Gasteiger partial charge in [-0.1, -0.05) is 30.3 Å². The van der Waals surface area contributed by atoms with Gasteiger partial charge in [0.25, 0.3) is 5.91 Å². The van der Waals surface area contributed by atoms with E-state index in [9.17, 15) is 4.79 Å². The van der Waals surface area contributed by atoms with Crippen LogP contribution in [-0.2, 0) is 0 Å².